The predicted molar refractivity (Wildman–Crippen MR) is 80.6 cm³/mol. The highest BCUT2D eigenvalue weighted by Gasteiger charge is 2.11. The van der Waals surface area contributed by atoms with Crippen LogP contribution in [0.5, 0.6) is 0 Å². The lowest BCUT2D eigenvalue weighted by atomic mass is 10.2. The first kappa shape index (κ1) is 14.0. The summed E-state index contributed by atoms with van der Waals surface area (Å²) >= 11 is 1.70. The molecule has 0 saturated heterocycles. The van der Waals surface area contributed by atoms with Crippen molar-refractivity contribution in [1.29, 1.82) is 0 Å². The van der Waals surface area contributed by atoms with Gasteiger partial charge in [-0.1, -0.05) is 13.0 Å². The third kappa shape index (κ3) is 3.52. The molecule has 0 fully saturated rings. The standard InChI is InChI=1S/C14H20N4S/c1-4-15-8-12-6-5-7-16-14(12)18(3)9-13-11(2)17-10-19-13/h5-7,10,15H,4,8-9H2,1-3H3. The lowest BCUT2D eigenvalue weighted by Gasteiger charge is -2.20. The fraction of sp³-hybridized carbons (Fsp3) is 0.429. The normalized spacial score (nSPS) is 10.7. The van der Waals surface area contributed by atoms with Crippen molar-refractivity contribution in [3.63, 3.8) is 0 Å². The molecule has 2 heterocycles. The van der Waals surface area contributed by atoms with Crippen LogP contribution in [-0.2, 0) is 13.1 Å². The number of rotatable bonds is 6. The van der Waals surface area contributed by atoms with Crippen LogP contribution in [0.4, 0.5) is 5.82 Å². The van der Waals surface area contributed by atoms with Crippen LogP contribution in [-0.4, -0.2) is 23.6 Å². The number of anilines is 1. The quantitative estimate of drug-likeness (QED) is 0.880. The molecule has 4 nitrogen and oxygen atoms in total. The Morgan fingerprint density at radius 1 is 1.37 bits per heavy atom. The van der Waals surface area contributed by atoms with Crippen LogP contribution in [0.15, 0.2) is 23.8 Å². The van der Waals surface area contributed by atoms with Gasteiger partial charge in [-0.25, -0.2) is 9.97 Å². The van der Waals surface area contributed by atoms with Crippen LogP contribution in [0.25, 0.3) is 0 Å². The van der Waals surface area contributed by atoms with E-state index in [1.165, 1.54) is 10.4 Å². The molecule has 0 unspecified atom stereocenters. The van der Waals surface area contributed by atoms with E-state index >= 15 is 0 Å². The smallest absolute Gasteiger partial charge is 0.133 e. The Balaban J connectivity index is 2.14. The topological polar surface area (TPSA) is 41.1 Å². The lowest BCUT2D eigenvalue weighted by Crippen LogP contribution is -2.21. The average molecular weight is 276 g/mol. The van der Waals surface area contributed by atoms with Gasteiger partial charge in [0, 0.05) is 30.2 Å². The van der Waals surface area contributed by atoms with Crippen LogP contribution < -0.4 is 10.2 Å². The average Bonchev–Trinajstić information content (AvgIpc) is 2.82. The molecule has 5 heteroatoms. The lowest BCUT2D eigenvalue weighted by molar-refractivity contribution is 0.719. The van der Waals surface area contributed by atoms with Crippen LogP contribution in [0.1, 0.15) is 23.1 Å². The van der Waals surface area contributed by atoms with E-state index in [1.54, 1.807) is 11.3 Å². The van der Waals surface area contributed by atoms with Gasteiger partial charge in [-0.15, -0.1) is 11.3 Å². The Bertz CT molecular complexity index is 524. The number of nitrogens with zero attached hydrogens (tertiary/aromatic N) is 3. The molecule has 2 aromatic rings. The van der Waals surface area contributed by atoms with Crippen molar-refractivity contribution in [2.75, 3.05) is 18.5 Å². The van der Waals surface area contributed by atoms with E-state index in [9.17, 15) is 0 Å². The van der Waals surface area contributed by atoms with Gasteiger partial charge < -0.3 is 10.2 Å². The van der Waals surface area contributed by atoms with Gasteiger partial charge in [0.05, 0.1) is 17.7 Å². The number of thiazole rings is 1. The summed E-state index contributed by atoms with van der Waals surface area (Å²) in [6.45, 7) is 6.84. The zero-order chi connectivity index (χ0) is 13.7. The van der Waals surface area contributed by atoms with Crippen LogP contribution in [0.2, 0.25) is 0 Å². The maximum absolute atomic E-state index is 4.51. The van der Waals surface area contributed by atoms with Crippen LogP contribution in [0, 0.1) is 6.92 Å². The SMILES string of the molecule is CCNCc1cccnc1N(C)Cc1scnc1C. The number of hydrogen-bond donors (Lipinski definition) is 1. The molecule has 0 saturated carbocycles. The zero-order valence-electron chi connectivity index (χ0n) is 11.7. The third-order valence-corrected chi connectivity index (χ3v) is 3.94. The summed E-state index contributed by atoms with van der Waals surface area (Å²) in [6, 6.07) is 4.11. The molecule has 2 rings (SSSR count). The summed E-state index contributed by atoms with van der Waals surface area (Å²) in [6.07, 6.45) is 1.85. The highest BCUT2D eigenvalue weighted by atomic mass is 32.1. The molecule has 1 N–H and O–H groups in total. The fourth-order valence-electron chi connectivity index (χ4n) is 1.94. The van der Waals surface area contributed by atoms with Crippen molar-refractivity contribution in [2.45, 2.75) is 26.9 Å². The van der Waals surface area contributed by atoms with E-state index in [4.69, 9.17) is 0 Å². The zero-order valence-corrected chi connectivity index (χ0v) is 12.5. The van der Waals surface area contributed by atoms with E-state index < -0.39 is 0 Å². The van der Waals surface area contributed by atoms with Crippen molar-refractivity contribution in [1.82, 2.24) is 15.3 Å². The molecule has 0 spiro atoms. The van der Waals surface area contributed by atoms with Gasteiger partial charge in [-0.05, 0) is 19.5 Å². The van der Waals surface area contributed by atoms with Crippen molar-refractivity contribution in [3.8, 4) is 0 Å². The summed E-state index contributed by atoms with van der Waals surface area (Å²) in [5, 5.41) is 3.35. The number of pyridine rings is 1. The fourth-order valence-corrected chi connectivity index (χ4v) is 2.77. The minimum absolute atomic E-state index is 0.853. The molecule has 102 valence electrons. The van der Waals surface area contributed by atoms with E-state index in [0.717, 1.165) is 31.1 Å². The highest BCUT2D eigenvalue weighted by Crippen LogP contribution is 2.21. The van der Waals surface area contributed by atoms with Crippen molar-refractivity contribution in [3.05, 3.63) is 40.0 Å². The van der Waals surface area contributed by atoms with Crippen LogP contribution >= 0.6 is 11.3 Å². The second-order valence-electron chi connectivity index (χ2n) is 4.48. The van der Waals surface area contributed by atoms with E-state index in [2.05, 4.69) is 47.1 Å². The maximum Gasteiger partial charge on any atom is 0.133 e. The molecule has 0 amide bonds. The Morgan fingerprint density at radius 3 is 2.89 bits per heavy atom. The number of aromatic nitrogens is 2. The van der Waals surface area contributed by atoms with Gasteiger partial charge in [0.25, 0.3) is 0 Å². The second kappa shape index (κ2) is 6.63. The summed E-state index contributed by atoms with van der Waals surface area (Å²) in [5.74, 6) is 1.04. The second-order valence-corrected chi connectivity index (χ2v) is 5.42. The maximum atomic E-state index is 4.51. The molecular formula is C14H20N4S. The first-order chi connectivity index (χ1) is 9.22. The Hall–Kier alpha value is -1.46. The third-order valence-electron chi connectivity index (χ3n) is 3.02. The van der Waals surface area contributed by atoms with E-state index in [0.29, 0.717) is 0 Å². The highest BCUT2D eigenvalue weighted by molar-refractivity contribution is 7.09. The van der Waals surface area contributed by atoms with Gasteiger partial charge >= 0.3 is 0 Å². The summed E-state index contributed by atoms with van der Waals surface area (Å²) in [7, 11) is 2.08. The summed E-state index contributed by atoms with van der Waals surface area (Å²) < 4.78 is 0. The van der Waals surface area contributed by atoms with Crippen molar-refractivity contribution in [2.24, 2.45) is 0 Å². The predicted octanol–water partition coefficient (Wildman–Crippen LogP) is 2.59. The number of nitrogens with one attached hydrogen (secondary N) is 1. The number of aryl methyl sites for hydroxylation is 1. The summed E-state index contributed by atoms with van der Waals surface area (Å²) in [5.41, 5.74) is 4.24. The number of hydrogen-bond acceptors (Lipinski definition) is 5. The molecule has 19 heavy (non-hydrogen) atoms. The van der Waals surface area contributed by atoms with Gasteiger partial charge in [0.2, 0.25) is 0 Å². The molecule has 0 aliphatic heterocycles. The molecule has 0 atom stereocenters. The van der Waals surface area contributed by atoms with Crippen molar-refractivity contribution >= 4 is 17.2 Å². The van der Waals surface area contributed by atoms with Gasteiger partial charge in [0.1, 0.15) is 5.82 Å². The first-order valence-corrected chi connectivity index (χ1v) is 7.35. The molecule has 0 bridgehead atoms. The molecular weight excluding hydrogens is 256 g/mol. The Morgan fingerprint density at radius 2 is 2.21 bits per heavy atom. The van der Waals surface area contributed by atoms with E-state index in [-0.39, 0.29) is 0 Å². The minimum Gasteiger partial charge on any atom is -0.354 e. The van der Waals surface area contributed by atoms with Gasteiger partial charge in [-0.3, -0.25) is 0 Å². The molecule has 2 aromatic heterocycles. The monoisotopic (exact) mass is 276 g/mol. The van der Waals surface area contributed by atoms with Gasteiger partial charge in [0.15, 0.2) is 0 Å². The van der Waals surface area contributed by atoms with Gasteiger partial charge in [-0.2, -0.15) is 0 Å². The van der Waals surface area contributed by atoms with Crippen molar-refractivity contribution < 1.29 is 0 Å². The largest absolute Gasteiger partial charge is 0.354 e. The molecule has 0 aliphatic rings. The Kier molecular flexibility index (Phi) is 4.87. The minimum atomic E-state index is 0.853. The Labute approximate surface area is 118 Å². The van der Waals surface area contributed by atoms with Crippen LogP contribution in [0.3, 0.4) is 0 Å². The van der Waals surface area contributed by atoms with E-state index in [1.807, 2.05) is 17.8 Å². The molecule has 0 aromatic carbocycles. The first-order valence-electron chi connectivity index (χ1n) is 6.47. The summed E-state index contributed by atoms with van der Waals surface area (Å²) in [4.78, 5) is 12.3. The molecule has 0 aliphatic carbocycles. The molecule has 0 radical (unpaired) electrons.